The Balaban J connectivity index is 1.96. The lowest BCUT2D eigenvalue weighted by Gasteiger charge is -2.37. The molecule has 1 aromatic rings. The van der Waals surface area contributed by atoms with Crippen LogP contribution >= 0.6 is 47.2 Å². The lowest BCUT2D eigenvalue weighted by molar-refractivity contribution is 0.0682. The van der Waals surface area contributed by atoms with Gasteiger partial charge >= 0.3 is 5.24 Å². The second kappa shape index (κ2) is 6.24. The van der Waals surface area contributed by atoms with Crippen LogP contribution in [0.4, 0.5) is 0 Å². The van der Waals surface area contributed by atoms with E-state index in [9.17, 15) is 5.11 Å². The van der Waals surface area contributed by atoms with E-state index in [2.05, 4.69) is 24.4 Å². The number of thioether (sulfide) groups is 1. The van der Waals surface area contributed by atoms with Gasteiger partial charge in [0.1, 0.15) is 9.52 Å². The minimum Gasteiger partial charge on any atom is -0.472 e. The number of hydrogen-bond donors (Lipinski definition) is 1. The number of aliphatic hydroxyl groups excluding tert-OH is 1. The molecule has 0 spiro atoms. The van der Waals surface area contributed by atoms with Gasteiger partial charge in [-0.3, -0.25) is 0 Å². The van der Waals surface area contributed by atoms with Crippen LogP contribution in [0.25, 0.3) is 0 Å². The van der Waals surface area contributed by atoms with Crippen molar-refractivity contribution in [2.24, 2.45) is 0 Å². The van der Waals surface area contributed by atoms with Gasteiger partial charge in [-0.1, -0.05) is 47.5 Å². The van der Waals surface area contributed by atoms with Gasteiger partial charge in [-0.15, -0.1) is 0 Å². The van der Waals surface area contributed by atoms with E-state index in [1.165, 1.54) is 22.9 Å². The minimum atomic E-state index is -0.529. The summed E-state index contributed by atoms with van der Waals surface area (Å²) in [4.78, 5) is 1.90. The summed E-state index contributed by atoms with van der Waals surface area (Å²) in [6.45, 7) is 0. The van der Waals surface area contributed by atoms with Crippen LogP contribution in [-0.4, -0.2) is 20.8 Å². The second-order valence-corrected chi connectivity index (χ2v) is 7.24. The molecule has 3 rings (SSSR count). The van der Waals surface area contributed by atoms with E-state index in [1.807, 2.05) is 17.0 Å². The molecule has 21 heavy (non-hydrogen) atoms. The number of thiocarbonyl (C=S) groups is 1. The molecule has 2 aliphatic rings. The summed E-state index contributed by atoms with van der Waals surface area (Å²) in [7, 11) is 0. The Labute approximate surface area is 142 Å². The molecule has 1 aliphatic carbocycles. The normalized spacial score (nSPS) is 25.0. The molecule has 3 nitrogen and oxygen atoms in total. The molecule has 0 bridgehead atoms. The zero-order valence-electron chi connectivity index (χ0n) is 11.0. The highest BCUT2D eigenvalue weighted by Crippen LogP contribution is 2.49. The van der Waals surface area contributed by atoms with Gasteiger partial charge in [0.25, 0.3) is 0 Å². The van der Waals surface area contributed by atoms with Gasteiger partial charge in [0.15, 0.2) is 0 Å². The maximum atomic E-state index is 9.26. The third-order valence-electron chi connectivity index (χ3n) is 3.70. The number of aryl methyl sites for hydroxylation is 1. The van der Waals surface area contributed by atoms with Crippen molar-refractivity contribution in [1.29, 1.82) is 0 Å². The molecule has 1 heterocycles. The first-order chi connectivity index (χ1) is 10.1. The van der Waals surface area contributed by atoms with Gasteiger partial charge in [-0.05, 0) is 42.2 Å². The number of benzene rings is 1. The first kappa shape index (κ1) is 15.3. The number of nitrogens with zero attached hydrogens (tertiary/aromatic N) is 1. The summed E-state index contributed by atoms with van der Waals surface area (Å²) in [5.74, 6) is 0. The van der Waals surface area contributed by atoms with Crippen molar-refractivity contribution in [3.05, 3.63) is 44.9 Å². The lowest BCUT2D eigenvalue weighted by atomic mass is 9.87. The summed E-state index contributed by atoms with van der Waals surface area (Å²) in [5, 5.41) is 9.21. The molecule has 112 valence electrons. The average molecular weight is 362 g/mol. The molecule has 2 atom stereocenters. The van der Waals surface area contributed by atoms with E-state index in [0.29, 0.717) is 9.52 Å². The first-order valence-electron chi connectivity index (χ1n) is 6.55. The van der Waals surface area contributed by atoms with Crippen LogP contribution in [0.3, 0.4) is 0 Å². The molecule has 1 aromatic carbocycles. The molecule has 0 saturated heterocycles. The molecule has 1 unspecified atom stereocenters. The zero-order valence-corrected chi connectivity index (χ0v) is 14.1. The smallest absolute Gasteiger partial charge is 0.352 e. The van der Waals surface area contributed by atoms with Crippen LogP contribution in [0.15, 0.2) is 33.8 Å². The maximum Gasteiger partial charge on any atom is 0.352 e. The number of rotatable bonds is 2. The van der Waals surface area contributed by atoms with Crippen molar-refractivity contribution >= 4 is 52.4 Å². The zero-order chi connectivity index (χ0) is 15.0. The van der Waals surface area contributed by atoms with Crippen molar-refractivity contribution in [2.45, 2.75) is 30.9 Å². The number of hydrogen-bond acceptors (Lipinski definition) is 4. The monoisotopic (exact) mass is 361 g/mol. The summed E-state index contributed by atoms with van der Waals surface area (Å²) >= 11 is 18.4. The van der Waals surface area contributed by atoms with Gasteiger partial charge in [0.2, 0.25) is 5.56 Å². The Hall–Kier alpha value is -0.620. The standard InChI is InChI=1S/C14H13Cl2NO2S2/c15-11-12(16)21-13(19-14(18)20)17(11)10-7-3-5-8-4-1-2-6-9(8)10/h1-2,4,6,10,13H,3,5,7H2,(H,18,20)/t10-,13?/m0/s1. The number of fused-ring (bicyclic) bond motifs is 1. The van der Waals surface area contributed by atoms with Crippen LogP contribution in [0.1, 0.15) is 30.0 Å². The Kier molecular flexibility index (Phi) is 4.54. The minimum absolute atomic E-state index is 0.0746. The van der Waals surface area contributed by atoms with E-state index < -0.39 is 10.8 Å². The third-order valence-corrected chi connectivity index (χ3v) is 5.76. The van der Waals surface area contributed by atoms with Crippen LogP contribution in [0.2, 0.25) is 0 Å². The highest BCUT2D eigenvalue weighted by Gasteiger charge is 2.40. The van der Waals surface area contributed by atoms with Crippen molar-refractivity contribution in [2.75, 3.05) is 0 Å². The molecule has 0 radical (unpaired) electrons. The Morgan fingerprint density at radius 2 is 2.14 bits per heavy atom. The predicted molar refractivity (Wildman–Crippen MR) is 90.4 cm³/mol. The fourth-order valence-corrected chi connectivity index (χ4v) is 4.62. The van der Waals surface area contributed by atoms with Crippen LogP contribution in [0.5, 0.6) is 0 Å². The van der Waals surface area contributed by atoms with E-state index in [4.69, 9.17) is 27.9 Å². The predicted octanol–water partition coefficient (Wildman–Crippen LogP) is 4.86. The fourth-order valence-electron chi connectivity index (χ4n) is 2.86. The van der Waals surface area contributed by atoms with E-state index in [-0.39, 0.29) is 6.04 Å². The van der Waals surface area contributed by atoms with Crippen molar-refractivity contribution in [3.8, 4) is 0 Å². The van der Waals surface area contributed by atoms with Crippen LogP contribution in [-0.2, 0) is 11.2 Å². The number of ether oxygens (including phenoxy) is 1. The van der Waals surface area contributed by atoms with Gasteiger partial charge < -0.3 is 14.7 Å². The summed E-state index contributed by atoms with van der Waals surface area (Å²) < 4.78 is 5.76. The Morgan fingerprint density at radius 1 is 1.38 bits per heavy atom. The summed E-state index contributed by atoms with van der Waals surface area (Å²) in [5.41, 5.74) is 2.02. The van der Waals surface area contributed by atoms with Gasteiger partial charge in [0.05, 0.1) is 6.04 Å². The molecule has 7 heteroatoms. The second-order valence-electron chi connectivity index (χ2n) is 4.89. The quantitative estimate of drug-likeness (QED) is 0.600. The van der Waals surface area contributed by atoms with Gasteiger partial charge in [0, 0.05) is 12.2 Å². The first-order valence-corrected chi connectivity index (χ1v) is 8.60. The summed E-state index contributed by atoms with van der Waals surface area (Å²) in [6, 6.07) is 8.38. The largest absolute Gasteiger partial charge is 0.472 e. The highest BCUT2D eigenvalue weighted by molar-refractivity contribution is 8.05. The van der Waals surface area contributed by atoms with Crippen LogP contribution in [0, 0.1) is 0 Å². The molecule has 1 aliphatic heterocycles. The molecule has 0 fully saturated rings. The van der Waals surface area contributed by atoms with E-state index >= 15 is 0 Å². The third kappa shape index (κ3) is 2.97. The SMILES string of the molecule is OC(=S)OC1SC(Cl)=C(Cl)N1[C@H]1CCCc2ccccc21. The Bertz CT molecular complexity index is 608. The molecule has 1 N–H and O–H groups in total. The van der Waals surface area contributed by atoms with Gasteiger partial charge in [-0.25, -0.2) is 0 Å². The van der Waals surface area contributed by atoms with Crippen LogP contribution < -0.4 is 0 Å². The van der Waals surface area contributed by atoms with Crippen molar-refractivity contribution in [1.82, 2.24) is 4.90 Å². The van der Waals surface area contributed by atoms with Crippen molar-refractivity contribution < 1.29 is 9.84 Å². The molecule has 0 amide bonds. The maximum absolute atomic E-state index is 9.26. The number of aliphatic hydroxyl groups is 1. The van der Waals surface area contributed by atoms with E-state index in [1.54, 1.807) is 0 Å². The molecular formula is C14H13Cl2NO2S2. The van der Waals surface area contributed by atoms with Gasteiger partial charge in [-0.2, -0.15) is 0 Å². The average Bonchev–Trinajstić information content (AvgIpc) is 2.72. The topological polar surface area (TPSA) is 32.7 Å². The highest BCUT2D eigenvalue weighted by atomic mass is 35.5. The molecular weight excluding hydrogens is 349 g/mol. The number of halogens is 2. The summed E-state index contributed by atoms with van der Waals surface area (Å²) in [6.07, 6.45) is 3.09. The van der Waals surface area contributed by atoms with Crippen molar-refractivity contribution in [3.63, 3.8) is 0 Å². The Morgan fingerprint density at radius 3 is 2.90 bits per heavy atom. The van der Waals surface area contributed by atoms with E-state index in [0.717, 1.165) is 19.3 Å². The lowest BCUT2D eigenvalue weighted by Crippen LogP contribution is -2.36. The molecule has 0 saturated carbocycles. The fraction of sp³-hybridized carbons (Fsp3) is 0.357. The molecule has 0 aromatic heterocycles.